The van der Waals surface area contributed by atoms with Gasteiger partial charge >= 0.3 is 5.97 Å². The topological polar surface area (TPSA) is 26.3 Å². The Kier molecular flexibility index (Phi) is 2.38. The summed E-state index contributed by atoms with van der Waals surface area (Å²) in [6.07, 6.45) is 8.62. The molecule has 0 N–H and O–H groups in total. The van der Waals surface area contributed by atoms with Gasteiger partial charge in [-0.1, -0.05) is 19.1 Å². The Balaban J connectivity index is 1.80. The van der Waals surface area contributed by atoms with Crippen molar-refractivity contribution in [3.63, 3.8) is 0 Å². The minimum atomic E-state index is -0.00898. The zero-order valence-corrected chi connectivity index (χ0v) is 8.03. The lowest BCUT2D eigenvalue weighted by atomic mass is 9.96. The molecular weight excluding hydrogens is 164 g/mol. The van der Waals surface area contributed by atoms with Crippen molar-refractivity contribution in [1.29, 1.82) is 0 Å². The summed E-state index contributed by atoms with van der Waals surface area (Å²) < 4.78 is 5.33. The Morgan fingerprint density at radius 3 is 2.62 bits per heavy atom. The fourth-order valence-corrected chi connectivity index (χ4v) is 1.80. The number of hydrogen-bond donors (Lipinski definition) is 0. The molecule has 0 unspecified atom stereocenters. The van der Waals surface area contributed by atoms with Gasteiger partial charge in [0, 0.05) is 0 Å². The highest BCUT2D eigenvalue weighted by molar-refractivity contribution is 5.75. The molecule has 0 aromatic heterocycles. The first-order valence-corrected chi connectivity index (χ1v) is 5.14. The fourth-order valence-electron chi connectivity index (χ4n) is 1.80. The molecule has 0 saturated heterocycles. The van der Waals surface area contributed by atoms with E-state index in [-0.39, 0.29) is 18.0 Å². The second-order valence-corrected chi connectivity index (χ2v) is 4.19. The van der Waals surface area contributed by atoms with Gasteiger partial charge in [-0.2, -0.15) is 0 Å². The van der Waals surface area contributed by atoms with Crippen LogP contribution in [-0.2, 0) is 9.53 Å². The highest BCUT2D eigenvalue weighted by Crippen LogP contribution is 2.27. The molecule has 2 atom stereocenters. The molecule has 0 aromatic rings. The highest BCUT2D eigenvalue weighted by Gasteiger charge is 2.28. The predicted molar refractivity (Wildman–Crippen MR) is 50.1 cm³/mol. The van der Waals surface area contributed by atoms with Crippen LogP contribution in [0.5, 0.6) is 0 Å². The van der Waals surface area contributed by atoms with Crippen molar-refractivity contribution < 1.29 is 9.53 Å². The van der Waals surface area contributed by atoms with Gasteiger partial charge in [0.15, 0.2) is 0 Å². The molecule has 0 spiro atoms. The molecule has 2 aliphatic rings. The second kappa shape index (κ2) is 3.52. The summed E-state index contributed by atoms with van der Waals surface area (Å²) in [4.78, 5) is 11.5. The van der Waals surface area contributed by atoms with Crippen LogP contribution in [0.4, 0.5) is 0 Å². The van der Waals surface area contributed by atoms with E-state index in [4.69, 9.17) is 4.74 Å². The van der Waals surface area contributed by atoms with E-state index in [1.165, 1.54) is 6.42 Å². The van der Waals surface area contributed by atoms with Gasteiger partial charge in [-0.3, -0.25) is 4.79 Å². The van der Waals surface area contributed by atoms with E-state index in [9.17, 15) is 4.79 Å². The molecular formula is C11H16O2. The molecule has 0 aromatic carbocycles. The summed E-state index contributed by atoms with van der Waals surface area (Å²) in [7, 11) is 0. The molecule has 2 heteroatoms. The first kappa shape index (κ1) is 8.79. The van der Waals surface area contributed by atoms with Crippen LogP contribution in [-0.4, -0.2) is 12.1 Å². The van der Waals surface area contributed by atoms with Crippen LogP contribution in [0.3, 0.4) is 0 Å². The summed E-state index contributed by atoms with van der Waals surface area (Å²) in [6, 6.07) is 0. The van der Waals surface area contributed by atoms with Crippen molar-refractivity contribution in [3.8, 4) is 0 Å². The minimum Gasteiger partial charge on any atom is -0.462 e. The van der Waals surface area contributed by atoms with E-state index < -0.39 is 0 Å². The van der Waals surface area contributed by atoms with Gasteiger partial charge in [0.1, 0.15) is 6.10 Å². The number of rotatable bonds is 2. The molecule has 0 bridgehead atoms. The molecule has 2 rings (SSSR count). The van der Waals surface area contributed by atoms with Gasteiger partial charge in [0.25, 0.3) is 0 Å². The van der Waals surface area contributed by atoms with Crippen molar-refractivity contribution in [2.24, 2.45) is 11.8 Å². The van der Waals surface area contributed by atoms with Gasteiger partial charge in [-0.15, -0.1) is 0 Å². The van der Waals surface area contributed by atoms with Gasteiger partial charge in [-0.25, -0.2) is 0 Å². The molecule has 0 radical (unpaired) electrons. The summed E-state index contributed by atoms with van der Waals surface area (Å²) in [6.45, 7) is 2.13. The van der Waals surface area contributed by atoms with Gasteiger partial charge < -0.3 is 4.74 Å². The van der Waals surface area contributed by atoms with Crippen molar-refractivity contribution >= 4 is 5.97 Å². The third kappa shape index (κ3) is 1.93. The van der Waals surface area contributed by atoms with Crippen LogP contribution in [0.15, 0.2) is 12.2 Å². The van der Waals surface area contributed by atoms with Crippen LogP contribution in [0, 0.1) is 11.8 Å². The van der Waals surface area contributed by atoms with Crippen LogP contribution in [0.25, 0.3) is 0 Å². The molecule has 13 heavy (non-hydrogen) atoms. The van der Waals surface area contributed by atoms with E-state index in [1.54, 1.807) is 0 Å². The zero-order chi connectivity index (χ0) is 9.26. The van der Waals surface area contributed by atoms with Gasteiger partial charge in [0.2, 0.25) is 0 Å². The molecule has 0 amide bonds. The Labute approximate surface area is 79.0 Å². The SMILES string of the molecule is C[C@H]1C=C[C@@H](C(=O)OC2CCC2)C1. The molecule has 2 nitrogen and oxygen atoms in total. The van der Waals surface area contributed by atoms with Crippen LogP contribution >= 0.6 is 0 Å². The maximum absolute atomic E-state index is 11.5. The average Bonchev–Trinajstić information content (AvgIpc) is 2.44. The number of carbonyl (C=O) groups is 1. The van der Waals surface area contributed by atoms with Crippen molar-refractivity contribution in [3.05, 3.63) is 12.2 Å². The maximum atomic E-state index is 11.5. The maximum Gasteiger partial charge on any atom is 0.313 e. The Morgan fingerprint density at radius 2 is 2.15 bits per heavy atom. The van der Waals surface area contributed by atoms with Crippen LogP contribution in [0.1, 0.15) is 32.6 Å². The number of carbonyl (C=O) groups excluding carboxylic acids is 1. The third-order valence-corrected chi connectivity index (χ3v) is 2.94. The van der Waals surface area contributed by atoms with Crippen LogP contribution < -0.4 is 0 Å². The summed E-state index contributed by atoms with van der Waals surface area (Å²) >= 11 is 0. The third-order valence-electron chi connectivity index (χ3n) is 2.94. The number of esters is 1. The summed E-state index contributed by atoms with van der Waals surface area (Å²) in [5.74, 6) is 0.569. The van der Waals surface area contributed by atoms with E-state index >= 15 is 0 Å². The Bertz CT molecular complexity index is 228. The summed E-state index contributed by atoms with van der Waals surface area (Å²) in [5.41, 5.74) is 0. The van der Waals surface area contributed by atoms with Gasteiger partial charge in [0.05, 0.1) is 5.92 Å². The number of ether oxygens (including phenoxy) is 1. The van der Waals surface area contributed by atoms with Crippen molar-refractivity contribution in [2.45, 2.75) is 38.7 Å². The van der Waals surface area contributed by atoms with Crippen molar-refractivity contribution in [1.82, 2.24) is 0 Å². The first-order chi connectivity index (χ1) is 6.25. The Hall–Kier alpha value is -0.790. The fraction of sp³-hybridized carbons (Fsp3) is 0.727. The normalized spacial score (nSPS) is 33.0. The highest BCUT2D eigenvalue weighted by atomic mass is 16.5. The molecule has 0 heterocycles. The standard InChI is InChI=1S/C11H16O2/c1-8-5-6-9(7-8)11(12)13-10-3-2-4-10/h5-6,8-10H,2-4,7H2,1H3/t8-,9+/m0/s1. The minimum absolute atomic E-state index is 0.00898. The quantitative estimate of drug-likeness (QED) is 0.481. The lowest BCUT2D eigenvalue weighted by molar-refractivity contribution is -0.156. The monoisotopic (exact) mass is 180 g/mol. The first-order valence-electron chi connectivity index (χ1n) is 5.14. The predicted octanol–water partition coefficient (Wildman–Crippen LogP) is 2.29. The molecule has 0 aliphatic heterocycles. The average molecular weight is 180 g/mol. The molecule has 1 fully saturated rings. The smallest absolute Gasteiger partial charge is 0.313 e. The summed E-state index contributed by atoms with van der Waals surface area (Å²) in [5, 5.41) is 0. The van der Waals surface area contributed by atoms with Gasteiger partial charge in [-0.05, 0) is 31.6 Å². The molecule has 72 valence electrons. The van der Waals surface area contributed by atoms with E-state index in [0.29, 0.717) is 5.92 Å². The van der Waals surface area contributed by atoms with E-state index in [0.717, 1.165) is 19.3 Å². The van der Waals surface area contributed by atoms with Crippen LogP contribution in [0.2, 0.25) is 0 Å². The van der Waals surface area contributed by atoms with Crippen molar-refractivity contribution in [2.75, 3.05) is 0 Å². The number of allylic oxidation sites excluding steroid dienone is 1. The largest absolute Gasteiger partial charge is 0.462 e. The van der Waals surface area contributed by atoms with E-state index in [2.05, 4.69) is 13.0 Å². The zero-order valence-electron chi connectivity index (χ0n) is 8.03. The number of hydrogen-bond acceptors (Lipinski definition) is 2. The second-order valence-electron chi connectivity index (χ2n) is 4.19. The van der Waals surface area contributed by atoms with E-state index in [1.807, 2.05) is 6.08 Å². The molecule has 1 saturated carbocycles. The lowest BCUT2D eigenvalue weighted by Crippen LogP contribution is -2.28. The molecule has 2 aliphatic carbocycles. The Morgan fingerprint density at radius 1 is 1.38 bits per heavy atom. The lowest BCUT2D eigenvalue weighted by Gasteiger charge is -2.26.